The van der Waals surface area contributed by atoms with Crippen molar-refractivity contribution in [1.29, 1.82) is 0 Å². The first-order valence-electron chi connectivity index (χ1n) is 6.36. The van der Waals surface area contributed by atoms with Gasteiger partial charge in [0.05, 0.1) is 11.6 Å². The highest BCUT2D eigenvalue weighted by molar-refractivity contribution is 6.32. The first-order valence-corrected chi connectivity index (χ1v) is 6.73. The highest BCUT2D eigenvalue weighted by Crippen LogP contribution is 2.40. The number of rotatable bonds is 3. The van der Waals surface area contributed by atoms with Crippen molar-refractivity contribution in [2.45, 2.75) is 19.4 Å². The number of Topliss-reactive ketones (excluding diaryl/α,β-unsaturated/α-hetero) is 1. The molecular weight excluding hydrogens is 317 g/mol. The summed E-state index contributed by atoms with van der Waals surface area (Å²) in [7, 11) is 0. The Morgan fingerprint density at radius 1 is 1.55 bits per heavy atom. The molecule has 0 radical (unpaired) electrons. The second-order valence-electron chi connectivity index (χ2n) is 4.61. The molecule has 6 nitrogen and oxygen atoms in total. The zero-order valence-electron chi connectivity index (χ0n) is 11.8. The summed E-state index contributed by atoms with van der Waals surface area (Å²) in [4.78, 5) is 23.6. The fourth-order valence-electron chi connectivity index (χ4n) is 2.03. The lowest BCUT2D eigenvalue weighted by molar-refractivity contribution is -0.131. The summed E-state index contributed by atoms with van der Waals surface area (Å²) in [6.07, 6.45) is -0.883. The summed E-state index contributed by atoms with van der Waals surface area (Å²) >= 11 is 5.93. The number of ether oxygens (including phenoxy) is 2. The highest BCUT2D eigenvalue weighted by Gasteiger charge is 2.49. The molecule has 0 aromatic heterocycles. The fourth-order valence-corrected chi connectivity index (χ4v) is 2.37. The largest absolute Gasteiger partial charge is 0.501 e. The molecule has 0 saturated heterocycles. The van der Waals surface area contributed by atoms with E-state index < -0.39 is 34.9 Å². The van der Waals surface area contributed by atoms with E-state index in [0.717, 1.165) is 12.1 Å². The smallest absolute Gasteiger partial charge is 0.414 e. The van der Waals surface area contributed by atoms with Crippen molar-refractivity contribution in [3.63, 3.8) is 0 Å². The van der Waals surface area contributed by atoms with Crippen LogP contribution in [0, 0.1) is 5.82 Å². The predicted molar refractivity (Wildman–Crippen MR) is 74.7 cm³/mol. The van der Waals surface area contributed by atoms with Crippen LogP contribution in [0.2, 0.25) is 5.02 Å². The minimum atomic E-state index is -1.68. The maximum Gasteiger partial charge on any atom is 0.414 e. The van der Waals surface area contributed by atoms with Crippen LogP contribution in [0.25, 0.3) is 0 Å². The molecule has 1 atom stereocenters. The van der Waals surface area contributed by atoms with Crippen molar-refractivity contribution in [2.75, 3.05) is 6.61 Å². The van der Waals surface area contributed by atoms with Gasteiger partial charge in [-0.05, 0) is 26.0 Å². The molecule has 0 fully saturated rings. The van der Waals surface area contributed by atoms with Crippen LogP contribution in [-0.4, -0.2) is 23.6 Å². The molecule has 0 bridgehead atoms. The van der Waals surface area contributed by atoms with E-state index >= 15 is 0 Å². The van der Waals surface area contributed by atoms with Crippen LogP contribution in [-0.2, 0) is 19.9 Å². The third-order valence-corrected chi connectivity index (χ3v) is 3.42. The molecule has 1 aromatic carbocycles. The summed E-state index contributed by atoms with van der Waals surface area (Å²) < 4.78 is 23.1. The lowest BCUT2D eigenvalue weighted by atomic mass is 9.91. The van der Waals surface area contributed by atoms with Crippen LogP contribution in [0.5, 0.6) is 0 Å². The van der Waals surface area contributed by atoms with E-state index in [4.69, 9.17) is 16.3 Å². The quantitative estimate of drug-likeness (QED) is 0.890. The Kier molecular flexibility index (Phi) is 4.27. The molecule has 1 aromatic rings. The van der Waals surface area contributed by atoms with E-state index in [0.29, 0.717) is 0 Å². The Morgan fingerprint density at radius 3 is 2.82 bits per heavy atom. The van der Waals surface area contributed by atoms with Gasteiger partial charge in [0, 0.05) is 5.56 Å². The summed E-state index contributed by atoms with van der Waals surface area (Å²) in [5, 5.41) is 11.9. The molecule has 0 saturated carbocycles. The molecule has 1 aliphatic heterocycles. The Bertz CT molecular complexity index is 675. The third-order valence-electron chi connectivity index (χ3n) is 3.11. The SMILES string of the molecule is CCOC(=O)NC1=C(O)C(=O)C(C)(c2ccc(F)cc2Cl)O1. The Hall–Kier alpha value is -2.28. The lowest BCUT2D eigenvalue weighted by Gasteiger charge is -2.24. The topological polar surface area (TPSA) is 84.9 Å². The van der Waals surface area contributed by atoms with E-state index in [1.807, 2.05) is 0 Å². The highest BCUT2D eigenvalue weighted by atomic mass is 35.5. The van der Waals surface area contributed by atoms with Crippen molar-refractivity contribution < 1.29 is 28.6 Å². The van der Waals surface area contributed by atoms with Gasteiger partial charge in [0.25, 0.3) is 5.78 Å². The number of carbonyl (C=O) groups excluding carboxylic acids is 2. The average Bonchev–Trinajstić information content (AvgIpc) is 2.64. The minimum Gasteiger partial charge on any atom is -0.501 e. The maximum atomic E-state index is 13.1. The van der Waals surface area contributed by atoms with Gasteiger partial charge < -0.3 is 14.6 Å². The van der Waals surface area contributed by atoms with Crippen LogP contribution < -0.4 is 5.32 Å². The van der Waals surface area contributed by atoms with Gasteiger partial charge in [-0.25, -0.2) is 9.18 Å². The number of amides is 1. The number of hydrogen-bond donors (Lipinski definition) is 2. The number of benzene rings is 1. The van der Waals surface area contributed by atoms with Gasteiger partial charge in [0.15, 0.2) is 0 Å². The number of nitrogens with one attached hydrogen (secondary N) is 1. The summed E-state index contributed by atoms with van der Waals surface area (Å²) in [6.45, 7) is 3.05. The maximum absolute atomic E-state index is 13.1. The molecule has 118 valence electrons. The predicted octanol–water partition coefficient (Wildman–Crippen LogP) is 2.77. The first kappa shape index (κ1) is 16.1. The Labute approximate surface area is 130 Å². The summed E-state index contributed by atoms with van der Waals surface area (Å²) in [6, 6.07) is 3.40. The van der Waals surface area contributed by atoms with E-state index in [2.05, 4.69) is 10.1 Å². The molecule has 1 heterocycles. The van der Waals surface area contributed by atoms with Crippen LogP contribution in [0.1, 0.15) is 19.4 Å². The van der Waals surface area contributed by atoms with Crippen LogP contribution in [0.4, 0.5) is 9.18 Å². The van der Waals surface area contributed by atoms with Gasteiger partial charge in [-0.15, -0.1) is 0 Å². The standard InChI is InChI=1S/C14H13ClFNO5/c1-3-21-13(20)17-12-10(18)11(19)14(2,22-12)8-5-4-7(16)6-9(8)15/h4-6,18H,3H2,1-2H3,(H,17,20). The van der Waals surface area contributed by atoms with Crippen LogP contribution >= 0.6 is 11.6 Å². The second-order valence-corrected chi connectivity index (χ2v) is 5.02. The number of aliphatic hydroxyl groups excluding tert-OH is 1. The normalized spacial score (nSPS) is 20.8. The third kappa shape index (κ3) is 2.71. The molecule has 0 aliphatic carbocycles. The zero-order chi connectivity index (χ0) is 16.5. The molecule has 0 spiro atoms. The number of ketones is 1. The van der Waals surface area contributed by atoms with Gasteiger partial charge in [0.1, 0.15) is 5.82 Å². The number of carbonyl (C=O) groups is 2. The summed E-state index contributed by atoms with van der Waals surface area (Å²) in [5.74, 6) is -2.60. The Morgan fingerprint density at radius 2 is 2.23 bits per heavy atom. The molecule has 2 N–H and O–H groups in total. The van der Waals surface area contributed by atoms with E-state index in [1.165, 1.54) is 13.0 Å². The van der Waals surface area contributed by atoms with E-state index in [1.54, 1.807) is 6.92 Å². The molecule has 1 unspecified atom stereocenters. The average molecular weight is 330 g/mol. The second kappa shape index (κ2) is 5.84. The molecule has 2 rings (SSSR count). The van der Waals surface area contributed by atoms with Gasteiger partial charge in [0.2, 0.25) is 17.2 Å². The molecule has 1 aliphatic rings. The van der Waals surface area contributed by atoms with Crippen LogP contribution in [0.3, 0.4) is 0 Å². The van der Waals surface area contributed by atoms with Crippen molar-refractivity contribution >= 4 is 23.5 Å². The van der Waals surface area contributed by atoms with Crippen molar-refractivity contribution in [3.05, 3.63) is 46.2 Å². The van der Waals surface area contributed by atoms with Gasteiger partial charge in [-0.1, -0.05) is 17.7 Å². The van der Waals surface area contributed by atoms with Crippen molar-refractivity contribution in [3.8, 4) is 0 Å². The van der Waals surface area contributed by atoms with Crippen LogP contribution in [0.15, 0.2) is 29.8 Å². The first-order chi connectivity index (χ1) is 10.3. The Balaban J connectivity index is 2.32. The van der Waals surface area contributed by atoms with Gasteiger partial charge in [-0.3, -0.25) is 10.1 Å². The number of aliphatic hydroxyl groups is 1. The molecule has 1 amide bonds. The van der Waals surface area contributed by atoms with Crippen molar-refractivity contribution in [2.24, 2.45) is 0 Å². The number of hydrogen-bond acceptors (Lipinski definition) is 5. The monoisotopic (exact) mass is 329 g/mol. The van der Waals surface area contributed by atoms with E-state index in [-0.39, 0.29) is 17.2 Å². The van der Waals surface area contributed by atoms with Gasteiger partial charge in [-0.2, -0.15) is 0 Å². The van der Waals surface area contributed by atoms with Gasteiger partial charge >= 0.3 is 6.09 Å². The van der Waals surface area contributed by atoms with Crippen molar-refractivity contribution in [1.82, 2.24) is 5.32 Å². The minimum absolute atomic E-state index is 0.0407. The zero-order valence-corrected chi connectivity index (χ0v) is 12.5. The lowest BCUT2D eigenvalue weighted by Crippen LogP contribution is -2.32. The summed E-state index contributed by atoms with van der Waals surface area (Å²) in [5.41, 5.74) is -1.52. The fraction of sp³-hybridized carbons (Fsp3) is 0.286. The molecule has 22 heavy (non-hydrogen) atoms. The number of alkyl carbamates (subject to hydrolysis) is 1. The molecular formula is C14H13ClFNO5. The molecule has 8 heteroatoms. The van der Waals surface area contributed by atoms with E-state index in [9.17, 15) is 19.1 Å². The number of halogens is 2.